The van der Waals surface area contributed by atoms with Gasteiger partial charge in [-0.15, -0.1) is 0 Å². The predicted molar refractivity (Wildman–Crippen MR) is 87.9 cm³/mol. The van der Waals surface area contributed by atoms with Gasteiger partial charge in [0.2, 0.25) is 0 Å². The van der Waals surface area contributed by atoms with Crippen molar-refractivity contribution >= 4 is 29.3 Å². The molecule has 0 spiro atoms. The smallest absolute Gasteiger partial charge is 0.328 e. The molecule has 1 fully saturated rings. The third kappa shape index (κ3) is 3.59. The summed E-state index contributed by atoms with van der Waals surface area (Å²) in [6.45, 7) is 7.72. The fourth-order valence-corrected chi connectivity index (χ4v) is 3.36. The number of benzene rings is 1. The summed E-state index contributed by atoms with van der Waals surface area (Å²) in [5.41, 5.74) is 1.81. The van der Waals surface area contributed by atoms with E-state index in [1.807, 2.05) is 12.1 Å². The van der Waals surface area contributed by atoms with E-state index in [9.17, 15) is 4.79 Å². The number of anilines is 1. The van der Waals surface area contributed by atoms with E-state index < -0.39 is 5.97 Å². The van der Waals surface area contributed by atoms with Crippen molar-refractivity contribution in [2.45, 2.75) is 33.2 Å². The number of carboxylic acid groups (broad SMARTS) is 1. The van der Waals surface area contributed by atoms with Gasteiger partial charge in [0.15, 0.2) is 0 Å². The van der Waals surface area contributed by atoms with Crippen LogP contribution in [0.1, 0.15) is 32.8 Å². The molecule has 0 saturated carbocycles. The van der Waals surface area contributed by atoms with Crippen LogP contribution in [-0.4, -0.2) is 23.7 Å². The third-order valence-corrected chi connectivity index (χ3v) is 4.66. The molecule has 1 saturated heterocycles. The molecule has 1 aromatic rings. The number of aliphatic carboxylic acids is 1. The Morgan fingerprint density at radius 1 is 1.38 bits per heavy atom. The van der Waals surface area contributed by atoms with Gasteiger partial charge in [-0.25, -0.2) is 4.79 Å². The summed E-state index contributed by atoms with van der Waals surface area (Å²) in [6, 6.07) is 6.16. The van der Waals surface area contributed by atoms with Gasteiger partial charge >= 0.3 is 5.97 Å². The second-order valence-corrected chi connectivity index (χ2v) is 6.46. The van der Waals surface area contributed by atoms with Crippen molar-refractivity contribution in [1.82, 2.24) is 0 Å². The van der Waals surface area contributed by atoms with E-state index in [0.29, 0.717) is 22.9 Å². The molecule has 1 aliphatic heterocycles. The lowest BCUT2D eigenvalue weighted by Crippen LogP contribution is -2.46. The maximum Gasteiger partial charge on any atom is 0.328 e. The number of hydrogen-bond acceptors (Lipinski definition) is 2. The molecule has 114 valence electrons. The molecule has 0 aromatic heterocycles. The second kappa shape index (κ2) is 6.52. The Morgan fingerprint density at radius 3 is 2.76 bits per heavy atom. The van der Waals surface area contributed by atoms with Crippen molar-refractivity contribution in [2.24, 2.45) is 11.8 Å². The number of piperidine rings is 1. The molecule has 21 heavy (non-hydrogen) atoms. The number of hydrogen-bond donors (Lipinski definition) is 1. The fourth-order valence-electron chi connectivity index (χ4n) is 3.13. The van der Waals surface area contributed by atoms with E-state index in [-0.39, 0.29) is 0 Å². The van der Waals surface area contributed by atoms with Crippen molar-refractivity contribution in [3.8, 4) is 0 Å². The zero-order chi connectivity index (χ0) is 15.6. The molecule has 1 heterocycles. The number of halogens is 1. The highest BCUT2D eigenvalue weighted by Gasteiger charge is 2.30. The lowest BCUT2D eigenvalue weighted by molar-refractivity contribution is -0.131. The number of nitrogens with zero attached hydrogens (tertiary/aromatic N) is 1. The summed E-state index contributed by atoms with van der Waals surface area (Å²) in [6.07, 6.45) is 3.96. The standard InChI is InChI=1S/C17H22ClNO2/c1-11-9-12(2)13(3)19(10-11)16-6-4-5-15(18)14(16)7-8-17(20)21/h4-8,11-13H,9-10H2,1-3H3,(H,20,21)/b8-7+. The Labute approximate surface area is 131 Å². The lowest BCUT2D eigenvalue weighted by Gasteiger charge is -2.43. The van der Waals surface area contributed by atoms with Gasteiger partial charge < -0.3 is 10.0 Å². The molecule has 2 rings (SSSR count). The van der Waals surface area contributed by atoms with Crippen molar-refractivity contribution < 1.29 is 9.90 Å². The van der Waals surface area contributed by atoms with Crippen LogP contribution in [0.25, 0.3) is 6.08 Å². The summed E-state index contributed by atoms with van der Waals surface area (Å²) in [7, 11) is 0. The van der Waals surface area contributed by atoms with E-state index in [1.165, 1.54) is 6.42 Å². The molecule has 3 nitrogen and oxygen atoms in total. The van der Waals surface area contributed by atoms with Gasteiger partial charge in [0.05, 0.1) is 0 Å². The normalized spacial score (nSPS) is 26.3. The van der Waals surface area contributed by atoms with Crippen molar-refractivity contribution in [3.05, 3.63) is 34.9 Å². The van der Waals surface area contributed by atoms with Gasteiger partial charge in [0.1, 0.15) is 0 Å². The average molecular weight is 308 g/mol. The molecule has 1 aromatic carbocycles. The lowest BCUT2D eigenvalue weighted by atomic mass is 9.85. The third-order valence-electron chi connectivity index (χ3n) is 4.33. The summed E-state index contributed by atoms with van der Waals surface area (Å²) >= 11 is 6.28. The molecular weight excluding hydrogens is 286 g/mol. The van der Waals surface area contributed by atoms with Gasteiger partial charge in [-0.1, -0.05) is 31.5 Å². The largest absolute Gasteiger partial charge is 0.478 e. The van der Waals surface area contributed by atoms with E-state index in [2.05, 4.69) is 25.7 Å². The molecule has 1 N–H and O–H groups in total. The van der Waals surface area contributed by atoms with E-state index in [0.717, 1.165) is 23.9 Å². The predicted octanol–water partition coefficient (Wildman–Crippen LogP) is 4.31. The first kappa shape index (κ1) is 15.9. The van der Waals surface area contributed by atoms with Crippen LogP contribution in [-0.2, 0) is 4.79 Å². The van der Waals surface area contributed by atoms with Gasteiger partial charge in [0, 0.05) is 34.9 Å². The Balaban J connectivity index is 2.43. The Morgan fingerprint density at radius 2 is 2.10 bits per heavy atom. The first-order chi connectivity index (χ1) is 9.90. The molecule has 3 unspecified atom stereocenters. The first-order valence-electron chi connectivity index (χ1n) is 7.36. The minimum atomic E-state index is -0.964. The zero-order valence-corrected chi connectivity index (χ0v) is 13.5. The number of rotatable bonds is 3. The Bertz CT molecular complexity index is 556. The molecule has 0 radical (unpaired) electrons. The second-order valence-electron chi connectivity index (χ2n) is 6.06. The molecule has 4 heteroatoms. The first-order valence-corrected chi connectivity index (χ1v) is 7.74. The highest BCUT2D eigenvalue weighted by atomic mass is 35.5. The maximum absolute atomic E-state index is 10.8. The molecule has 3 atom stereocenters. The molecule has 0 aliphatic carbocycles. The van der Waals surface area contributed by atoms with Crippen LogP contribution in [0.3, 0.4) is 0 Å². The summed E-state index contributed by atoms with van der Waals surface area (Å²) in [5, 5.41) is 9.45. The average Bonchev–Trinajstić information content (AvgIpc) is 2.41. The van der Waals surface area contributed by atoms with Crippen LogP contribution >= 0.6 is 11.6 Å². The van der Waals surface area contributed by atoms with Crippen LogP contribution in [0.4, 0.5) is 5.69 Å². The molecule has 1 aliphatic rings. The van der Waals surface area contributed by atoms with Gasteiger partial charge in [-0.3, -0.25) is 0 Å². The van der Waals surface area contributed by atoms with Crippen LogP contribution in [0.2, 0.25) is 5.02 Å². The SMILES string of the molecule is CC1CC(C)C(C)N(c2cccc(Cl)c2/C=C/C(=O)O)C1. The zero-order valence-electron chi connectivity index (χ0n) is 12.7. The monoisotopic (exact) mass is 307 g/mol. The van der Waals surface area contributed by atoms with Crippen molar-refractivity contribution in [3.63, 3.8) is 0 Å². The van der Waals surface area contributed by atoms with Crippen LogP contribution in [0, 0.1) is 11.8 Å². The van der Waals surface area contributed by atoms with Crippen LogP contribution in [0.5, 0.6) is 0 Å². The fraction of sp³-hybridized carbons (Fsp3) is 0.471. The summed E-state index contributed by atoms with van der Waals surface area (Å²) in [5.74, 6) is 0.254. The summed E-state index contributed by atoms with van der Waals surface area (Å²) < 4.78 is 0. The topological polar surface area (TPSA) is 40.5 Å². The van der Waals surface area contributed by atoms with Crippen molar-refractivity contribution in [1.29, 1.82) is 0 Å². The molecule has 0 amide bonds. The minimum absolute atomic E-state index is 0.414. The Hall–Kier alpha value is -1.48. The summed E-state index contributed by atoms with van der Waals surface area (Å²) in [4.78, 5) is 13.1. The van der Waals surface area contributed by atoms with E-state index >= 15 is 0 Å². The molecule has 0 bridgehead atoms. The van der Waals surface area contributed by atoms with Crippen LogP contribution < -0.4 is 4.90 Å². The maximum atomic E-state index is 10.8. The Kier molecular flexibility index (Phi) is 4.94. The minimum Gasteiger partial charge on any atom is -0.478 e. The van der Waals surface area contributed by atoms with E-state index in [1.54, 1.807) is 12.1 Å². The van der Waals surface area contributed by atoms with Gasteiger partial charge in [-0.2, -0.15) is 0 Å². The highest BCUT2D eigenvalue weighted by Crippen LogP contribution is 2.36. The van der Waals surface area contributed by atoms with Crippen molar-refractivity contribution in [2.75, 3.05) is 11.4 Å². The number of carboxylic acids is 1. The highest BCUT2D eigenvalue weighted by molar-refractivity contribution is 6.32. The van der Waals surface area contributed by atoms with E-state index in [4.69, 9.17) is 16.7 Å². The quantitative estimate of drug-likeness (QED) is 0.846. The number of carbonyl (C=O) groups is 1. The van der Waals surface area contributed by atoms with Crippen LogP contribution in [0.15, 0.2) is 24.3 Å². The molecular formula is C17H22ClNO2. The van der Waals surface area contributed by atoms with Gasteiger partial charge in [-0.05, 0) is 43.4 Å². The van der Waals surface area contributed by atoms with Gasteiger partial charge in [0.25, 0.3) is 0 Å².